The summed E-state index contributed by atoms with van der Waals surface area (Å²) in [4.78, 5) is 0. The Morgan fingerprint density at radius 1 is 1.38 bits per heavy atom. The molecule has 1 aromatic rings. The smallest absolute Gasteiger partial charge is 0.426 e. The second-order valence-corrected chi connectivity index (χ2v) is 3.87. The molecule has 1 aromatic carbocycles. The van der Waals surface area contributed by atoms with Crippen molar-refractivity contribution in [2.75, 3.05) is 6.54 Å². The van der Waals surface area contributed by atoms with E-state index in [-0.39, 0.29) is 0 Å². The van der Waals surface area contributed by atoms with E-state index in [0.29, 0.717) is 4.47 Å². The Bertz CT molecular complexity index is 369. The minimum absolute atomic E-state index is 0.418. The Morgan fingerprint density at radius 3 is 2.50 bits per heavy atom. The average Bonchev–Trinajstić information content (AvgIpc) is 2.17. The van der Waals surface area contributed by atoms with Gasteiger partial charge >= 0.3 is 6.18 Å². The molecule has 1 atom stereocenters. The molecule has 0 saturated carbocycles. The highest BCUT2D eigenvalue weighted by Crippen LogP contribution is 2.28. The van der Waals surface area contributed by atoms with Gasteiger partial charge in [0.15, 0.2) is 11.6 Å². The third-order valence-corrected chi connectivity index (χ3v) is 2.23. The van der Waals surface area contributed by atoms with Crippen molar-refractivity contribution in [2.45, 2.75) is 12.3 Å². The number of ether oxygens (including phenoxy) is 1. The lowest BCUT2D eigenvalue weighted by atomic mass is 10.3. The zero-order valence-corrected chi connectivity index (χ0v) is 9.48. The minimum Gasteiger partial charge on any atom is -0.476 e. The van der Waals surface area contributed by atoms with E-state index in [1.54, 1.807) is 0 Å². The van der Waals surface area contributed by atoms with E-state index in [4.69, 9.17) is 5.73 Å². The molecule has 0 radical (unpaired) electrons. The third-order valence-electron chi connectivity index (χ3n) is 1.74. The number of benzene rings is 1. The van der Waals surface area contributed by atoms with Crippen LogP contribution in [0.4, 0.5) is 17.6 Å². The van der Waals surface area contributed by atoms with E-state index in [9.17, 15) is 17.6 Å². The first-order valence-electron chi connectivity index (χ1n) is 4.23. The zero-order chi connectivity index (χ0) is 12.3. The normalized spacial score (nSPS) is 13.6. The van der Waals surface area contributed by atoms with Gasteiger partial charge in [-0.3, -0.25) is 0 Å². The molecule has 16 heavy (non-hydrogen) atoms. The summed E-state index contributed by atoms with van der Waals surface area (Å²) in [6, 6.07) is 3.47. The number of halogens is 5. The van der Waals surface area contributed by atoms with Crippen LogP contribution in [-0.2, 0) is 0 Å². The molecule has 0 amide bonds. The lowest BCUT2D eigenvalue weighted by molar-refractivity contribution is -0.192. The molecule has 7 heteroatoms. The molecule has 2 nitrogen and oxygen atoms in total. The van der Waals surface area contributed by atoms with Crippen molar-refractivity contribution in [1.29, 1.82) is 0 Å². The summed E-state index contributed by atoms with van der Waals surface area (Å²) in [6.45, 7) is -0.768. The minimum atomic E-state index is -4.62. The fraction of sp³-hybridized carbons (Fsp3) is 0.333. The molecule has 0 aromatic heterocycles. The summed E-state index contributed by atoms with van der Waals surface area (Å²) in [5.41, 5.74) is 4.92. The quantitative estimate of drug-likeness (QED) is 0.871. The van der Waals surface area contributed by atoms with Crippen LogP contribution < -0.4 is 10.5 Å². The first kappa shape index (κ1) is 13.2. The van der Waals surface area contributed by atoms with Crippen molar-refractivity contribution in [2.24, 2.45) is 5.73 Å². The first-order chi connectivity index (χ1) is 7.34. The van der Waals surface area contributed by atoms with Gasteiger partial charge in [-0.05, 0) is 18.2 Å². The van der Waals surface area contributed by atoms with E-state index in [2.05, 4.69) is 20.7 Å². The van der Waals surface area contributed by atoms with Gasteiger partial charge in [0, 0.05) is 11.0 Å². The second-order valence-electron chi connectivity index (χ2n) is 2.96. The second kappa shape index (κ2) is 5.01. The van der Waals surface area contributed by atoms with E-state index >= 15 is 0 Å². The first-order valence-corrected chi connectivity index (χ1v) is 5.02. The predicted molar refractivity (Wildman–Crippen MR) is 53.6 cm³/mol. The molecule has 0 fully saturated rings. The Kier molecular flexibility index (Phi) is 4.15. The van der Waals surface area contributed by atoms with Crippen LogP contribution in [0.3, 0.4) is 0 Å². The average molecular weight is 302 g/mol. The van der Waals surface area contributed by atoms with Gasteiger partial charge in [-0.15, -0.1) is 0 Å². The monoisotopic (exact) mass is 301 g/mol. The molecular formula is C9H8BrF4NO. The Hall–Kier alpha value is -0.820. The van der Waals surface area contributed by atoms with Gasteiger partial charge in [0.25, 0.3) is 0 Å². The number of nitrogens with two attached hydrogens (primary N) is 1. The summed E-state index contributed by atoms with van der Waals surface area (Å²) >= 11 is 3.00. The molecule has 2 N–H and O–H groups in total. The fourth-order valence-corrected chi connectivity index (χ4v) is 1.31. The Morgan fingerprint density at radius 2 is 2.00 bits per heavy atom. The van der Waals surface area contributed by atoms with E-state index < -0.39 is 30.4 Å². The molecule has 90 valence electrons. The highest BCUT2D eigenvalue weighted by Gasteiger charge is 2.41. The van der Waals surface area contributed by atoms with Gasteiger partial charge in [0.2, 0.25) is 6.10 Å². The maximum Gasteiger partial charge on any atom is 0.426 e. The van der Waals surface area contributed by atoms with Crippen molar-refractivity contribution in [3.63, 3.8) is 0 Å². The fourth-order valence-electron chi connectivity index (χ4n) is 0.969. The molecule has 0 heterocycles. The lowest BCUT2D eigenvalue weighted by Crippen LogP contribution is -2.40. The van der Waals surface area contributed by atoms with Crippen molar-refractivity contribution >= 4 is 15.9 Å². The summed E-state index contributed by atoms with van der Waals surface area (Å²) in [5, 5.41) is 0. The summed E-state index contributed by atoms with van der Waals surface area (Å²) in [7, 11) is 0. The highest BCUT2D eigenvalue weighted by molar-refractivity contribution is 9.10. The van der Waals surface area contributed by atoms with Crippen LogP contribution >= 0.6 is 15.9 Å². The standard InChI is InChI=1S/C9H8BrF4NO/c10-5-1-2-6(11)7(3-5)16-8(4-15)9(12,13)14/h1-3,8H,4,15H2. The summed E-state index contributed by atoms with van der Waals surface area (Å²) in [6.07, 6.45) is -6.83. The number of hydrogen-bond donors (Lipinski definition) is 1. The largest absolute Gasteiger partial charge is 0.476 e. The van der Waals surface area contributed by atoms with Gasteiger partial charge in [0.1, 0.15) is 0 Å². The maximum absolute atomic E-state index is 13.1. The van der Waals surface area contributed by atoms with Gasteiger partial charge in [-0.25, -0.2) is 4.39 Å². The molecule has 0 aliphatic rings. The van der Waals surface area contributed by atoms with Crippen LogP contribution in [0, 0.1) is 5.82 Å². The maximum atomic E-state index is 13.1. The predicted octanol–water partition coefficient (Wildman–Crippen LogP) is 2.86. The number of rotatable bonds is 3. The van der Waals surface area contributed by atoms with E-state index in [0.717, 1.165) is 12.1 Å². The summed E-state index contributed by atoms with van der Waals surface area (Å²) in [5.74, 6) is -1.35. The molecule has 0 spiro atoms. The van der Waals surface area contributed by atoms with Crippen molar-refractivity contribution in [3.8, 4) is 5.75 Å². The molecule has 0 bridgehead atoms. The third kappa shape index (κ3) is 3.34. The number of alkyl halides is 3. The van der Waals surface area contributed by atoms with Crippen molar-refractivity contribution in [1.82, 2.24) is 0 Å². The Labute approximate surface area is 97.5 Å². The van der Waals surface area contributed by atoms with Crippen LogP contribution in [0.5, 0.6) is 5.75 Å². The van der Waals surface area contributed by atoms with E-state index in [1.165, 1.54) is 6.07 Å². The van der Waals surface area contributed by atoms with Gasteiger partial charge in [-0.1, -0.05) is 15.9 Å². The van der Waals surface area contributed by atoms with Gasteiger partial charge in [0.05, 0.1) is 0 Å². The molecule has 0 aliphatic heterocycles. The topological polar surface area (TPSA) is 35.2 Å². The van der Waals surface area contributed by atoms with Crippen LogP contribution in [-0.4, -0.2) is 18.8 Å². The van der Waals surface area contributed by atoms with Gasteiger partial charge in [-0.2, -0.15) is 13.2 Å². The van der Waals surface area contributed by atoms with Crippen molar-refractivity contribution < 1.29 is 22.3 Å². The van der Waals surface area contributed by atoms with Crippen LogP contribution in [0.15, 0.2) is 22.7 Å². The van der Waals surface area contributed by atoms with Crippen LogP contribution in [0.1, 0.15) is 0 Å². The SMILES string of the molecule is NCC(Oc1cc(Br)ccc1F)C(F)(F)F. The molecule has 0 aliphatic carbocycles. The Balaban J connectivity index is 2.90. The zero-order valence-electron chi connectivity index (χ0n) is 7.89. The summed E-state index contributed by atoms with van der Waals surface area (Å²) < 4.78 is 54.9. The molecule has 0 saturated heterocycles. The molecular weight excluding hydrogens is 294 g/mol. The lowest BCUT2D eigenvalue weighted by Gasteiger charge is -2.20. The van der Waals surface area contributed by atoms with E-state index in [1.807, 2.05) is 0 Å². The number of hydrogen-bond acceptors (Lipinski definition) is 2. The molecule has 1 rings (SSSR count). The van der Waals surface area contributed by atoms with Crippen molar-refractivity contribution in [3.05, 3.63) is 28.5 Å². The highest BCUT2D eigenvalue weighted by atomic mass is 79.9. The van der Waals surface area contributed by atoms with Gasteiger partial charge < -0.3 is 10.5 Å². The van der Waals surface area contributed by atoms with Crippen LogP contribution in [0.2, 0.25) is 0 Å². The molecule has 1 unspecified atom stereocenters. The van der Waals surface area contributed by atoms with Crippen LogP contribution in [0.25, 0.3) is 0 Å².